The molecule has 1 atom stereocenters. The van der Waals surface area contributed by atoms with Gasteiger partial charge < -0.3 is 10.4 Å². The van der Waals surface area contributed by atoms with Crippen LogP contribution in [-0.4, -0.2) is 44.2 Å². The molecule has 0 spiro atoms. The van der Waals surface area contributed by atoms with Crippen molar-refractivity contribution in [2.45, 2.75) is 37.3 Å². The second kappa shape index (κ2) is 5.72. The van der Waals surface area contributed by atoms with Gasteiger partial charge in [0.25, 0.3) is 5.92 Å². The van der Waals surface area contributed by atoms with Crippen LogP contribution in [0.15, 0.2) is 24.5 Å². The van der Waals surface area contributed by atoms with Gasteiger partial charge in [-0.2, -0.15) is 0 Å². The standard InChI is InChI=1S/C17H17F4N5O2/c1-22-13(27)14-5-15(6-14,7-14)17(20,21)16(28,8-26-9-23-24-25-26)11-3-2-10(18)4-12(11)19/h2-4,9,28H,5-8H2,1H3,(H,22,27). The third-order valence-corrected chi connectivity index (χ3v) is 6.08. The van der Waals surface area contributed by atoms with Crippen LogP contribution >= 0.6 is 0 Å². The van der Waals surface area contributed by atoms with Gasteiger partial charge in [0.1, 0.15) is 18.0 Å². The van der Waals surface area contributed by atoms with Crippen LogP contribution in [0.3, 0.4) is 0 Å². The molecule has 0 radical (unpaired) electrons. The van der Waals surface area contributed by atoms with Crippen molar-refractivity contribution in [2.24, 2.45) is 10.8 Å². The van der Waals surface area contributed by atoms with Crippen molar-refractivity contribution in [2.75, 3.05) is 7.05 Å². The third kappa shape index (κ3) is 2.25. The van der Waals surface area contributed by atoms with Crippen molar-refractivity contribution in [3.63, 3.8) is 0 Å². The number of carbonyl (C=O) groups excluding carboxylic acids is 1. The number of aliphatic hydroxyl groups is 1. The van der Waals surface area contributed by atoms with E-state index in [0.29, 0.717) is 6.07 Å². The van der Waals surface area contributed by atoms with Gasteiger partial charge >= 0.3 is 0 Å². The number of aromatic nitrogens is 4. The Labute approximate surface area is 156 Å². The lowest BCUT2D eigenvalue weighted by atomic mass is 9.31. The fourth-order valence-electron chi connectivity index (χ4n) is 4.73. The summed E-state index contributed by atoms with van der Waals surface area (Å²) in [4.78, 5) is 11.9. The molecule has 0 aliphatic heterocycles. The number of nitrogens with one attached hydrogen (secondary N) is 1. The van der Waals surface area contributed by atoms with Crippen molar-refractivity contribution in [1.29, 1.82) is 0 Å². The number of alkyl halides is 2. The Morgan fingerprint density at radius 2 is 2.00 bits per heavy atom. The Morgan fingerprint density at radius 1 is 1.32 bits per heavy atom. The molecule has 1 heterocycles. The highest BCUT2D eigenvalue weighted by atomic mass is 19.3. The molecule has 150 valence electrons. The predicted molar refractivity (Wildman–Crippen MR) is 85.8 cm³/mol. The summed E-state index contributed by atoms with van der Waals surface area (Å²) in [6, 6.07) is 2.03. The van der Waals surface area contributed by atoms with Gasteiger partial charge in [0.05, 0.1) is 12.0 Å². The molecule has 11 heteroatoms. The van der Waals surface area contributed by atoms with Gasteiger partial charge in [0.15, 0.2) is 5.60 Å². The van der Waals surface area contributed by atoms with Crippen molar-refractivity contribution >= 4 is 5.91 Å². The summed E-state index contributed by atoms with van der Waals surface area (Å²) in [5.74, 6) is -6.43. The van der Waals surface area contributed by atoms with E-state index in [9.17, 15) is 18.7 Å². The van der Waals surface area contributed by atoms with Gasteiger partial charge in [-0.05, 0) is 41.8 Å². The average Bonchev–Trinajstić information content (AvgIpc) is 3.04. The lowest BCUT2D eigenvalue weighted by Crippen LogP contribution is -2.77. The number of halogens is 4. The number of amides is 1. The van der Waals surface area contributed by atoms with Gasteiger partial charge in [0, 0.05) is 24.1 Å². The second-order valence-corrected chi connectivity index (χ2v) is 7.74. The van der Waals surface area contributed by atoms with Crippen molar-refractivity contribution in [3.05, 3.63) is 41.7 Å². The Morgan fingerprint density at radius 3 is 2.54 bits per heavy atom. The summed E-state index contributed by atoms with van der Waals surface area (Å²) < 4.78 is 60.0. The molecule has 28 heavy (non-hydrogen) atoms. The van der Waals surface area contributed by atoms with E-state index in [1.165, 1.54) is 7.05 Å². The van der Waals surface area contributed by atoms with Crippen LogP contribution in [0.4, 0.5) is 17.6 Å². The summed E-state index contributed by atoms with van der Waals surface area (Å²) in [5.41, 5.74) is -6.35. The molecule has 2 N–H and O–H groups in total. The maximum Gasteiger partial charge on any atom is 0.287 e. The number of hydrogen-bond acceptors (Lipinski definition) is 5. The predicted octanol–water partition coefficient (Wildman–Crippen LogP) is 1.39. The molecule has 3 saturated carbocycles. The highest BCUT2D eigenvalue weighted by Crippen LogP contribution is 2.80. The normalized spacial score (nSPS) is 28.1. The van der Waals surface area contributed by atoms with E-state index in [1.807, 2.05) is 0 Å². The highest BCUT2D eigenvalue weighted by Gasteiger charge is 2.83. The number of rotatable bonds is 6. The number of benzene rings is 1. The molecule has 1 amide bonds. The van der Waals surface area contributed by atoms with Gasteiger partial charge in [0.2, 0.25) is 5.91 Å². The van der Waals surface area contributed by atoms with E-state index in [4.69, 9.17) is 0 Å². The molecule has 1 aromatic carbocycles. The SMILES string of the molecule is CNC(=O)C12CC(C(F)(F)C(O)(Cn3cnnn3)c3ccc(F)cc3F)(C1)C2. The van der Waals surface area contributed by atoms with Crippen molar-refractivity contribution in [1.82, 2.24) is 25.5 Å². The Hall–Kier alpha value is -2.56. The number of hydrogen-bond donors (Lipinski definition) is 2. The Balaban J connectivity index is 1.75. The maximum absolute atomic E-state index is 15.7. The van der Waals surface area contributed by atoms with E-state index in [1.54, 1.807) is 0 Å². The lowest BCUT2D eigenvalue weighted by molar-refractivity contribution is -0.359. The lowest BCUT2D eigenvalue weighted by Gasteiger charge is -2.72. The van der Waals surface area contributed by atoms with Crippen LogP contribution in [0.5, 0.6) is 0 Å². The van der Waals surface area contributed by atoms with Crippen LogP contribution in [0.2, 0.25) is 0 Å². The molecule has 3 fully saturated rings. The first-order valence-corrected chi connectivity index (χ1v) is 8.58. The molecule has 1 unspecified atom stereocenters. The fraction of sp³-hybridized carbons (Fsp3) is 0.529. The van der Waals surface area contributed by atoms with Crippen molar-refractivity contribution in [3.8, 4) is 0 Å². The first kappa shape index (κ1) is 18.8. The Bertz CT molecular complexity index is 916. The summed E-state index contributed by atoms with van der Waals surface area (Å²) >= 11 is 0. The minimum Gasteiger partial charge on any atom is -0.377 e. The molecule has 1 aromatic heterocycles. The molecule has 3 aliphatic rings. The van der Waals surface area contributed by atoms with Crippen LogP contribution in [0.25, 0.3) is 0 Å². The van der Waals surface area contributed by atoms with E-state index >= 15 is 8.78 Å². The molecular weight excluding hydrogens is 382 g/mol. The molecule has 7 nitrogen and oxygen atoms in total. The zero-order chi connectivity index (χ0) is 20.4. The average molecular weight is 399 g/mol. The molecule has 5 rings (SSSR count). The van der Waals surface area contributed by atoms with Gasteiger partial charge in [-0.15, -0.1) is 5.10 Å². The third-order valence-electron chi connectivity index (χ3n) is 6.08. The van der Waals surface area contributed by atoms with Crippen LogP contribution in [0.1, 0.15) is 24.8 Å². The minimum absolute atomic E-state index is 0.132. The molecule has 2 aromatic rings. The van der Waals surface area contributed by atoms with Gasteiger partial charge in [-0.25, -0.2) is 22.2 Å². The van der Waals surface area contributed by atoms with E-state index in [0.717, 1.165) is 23.1 Å². The van der Waals surface area contributed by atoms with E-state index in [-0.39, 0.29) is 25.2 Å². The first-order chi connectivity index (χ1) is 13.1. The Kier molecular flexibility index (Phi) is 3.84. The molecule has 3 aliphatic carbocycles. The van der Waals surface area contributed by atoms with E-state index in [2.05, 4.69) is 20.8 Å². The zero-order valence-electron chi connectivity index (χ0n) is 14.8. The molecule has 0 saturated heterocycles. The summed E-state index contributed by atoms with van der Waals surface area (Å²) in [6.07, 6.45) is 0.616. The maximum atomic E-state index is 15.7. The highest BCUT2D eigenvalue weighted by molar-refractivity contribution is 5.86. The van der Waals surface area contributed by atoms with Gasteiger partial charge in [-0.3, -0.25) is 4.79 Å². The number of tetrazole rings is 1. The van der Waals surface area contributed by atoms with E-state index < -0.39 is 46.1 Å². The number of nitrogens with zero attached hydrogens (tertiary/aromatic N) is 4. The zero-order valence-corrected chi connectivity index (χ0v) is 14.8. The van der Waals surface area contributed by atoms with Crippen LogP contribution in [0, 0.1) is 22.5 Å². The van der Waals surface area contributed by atoms with Gasteiger partial charge in [-0.1, -0.05) is 0 Å². The second-order valence-electron chi connectivity index (χ2n) is 7.74. The largest absolute Gasteiger partial charge is 0.377 e. The molecular formula is C17H17F4N5O2. The summed E-state index contributed by atoms with van der Waals surface area (Å²) in [6.45, 7) is -0.843. The first-order valence-electron chi connectivity index (χ1n) is 8.58. The number of carbonyl (C=O) groups is 1. The van der Waals surface area contributed by atoms with Crippen molar-refractivity contribution < 1.29 is 27.5 Å². The minimum atomic E-state index is -3.83. The smallest absolute Gasteiger partial charge is 0.287 e. The summed E-state index contributed by atoms with van der Waals surface area (Å²) in [5, 5.41) is 23.7. The topological polar surface area (TPSA) is 92.9 Å². The van der Waals surface area contributed by atoms with Crippen LogP contribution < -0.4 is 5.32 Å². The monoisotopic (exact) mass is 399 g/mol. The molecule has 2 bridgehead atoms. The van der Waals surface area contributed by atoms with Crippen LogP contribution in [-0.2, 0) is 16.9 Å². The summed E-state index contributed by atoms with van der Waals surface area (Å²) in [7, 11) is 1.43. The quantitative estimate of drug-likeness (QED) is 0.717. The fourth-order valence-corrected chi connectivity index (χ4v) is 4.73.